The summed E-state index contributed by atoms with van der Waals surface area (Å²) in [5, 5.41) is 20.4. The molecule has 2 aliphatic rings. The van der Waals surface area contributed by atoms with E-state index >= 15 is 0 Å². The van der Waals surface area contributed by atoms with Gasteiger partial charge in [-0.15, -0.1) is 0 Å². The van der Waals surface area contributed by atoms with Crippen molar-refractivity contribution >= 4 is 0 Å². The minimum atomic E-state index is -0.803. The predicted molar refractivity (Wildman–Crippen MR) is 57.4 cm³/mol. The third-order valence-corrected chi connectivity index (χ3v) is 3.95. The fraction of sp³-hybridized carbons (Fsp3) is 1.00. The Hall–Kier alpha value is -0.680. The zero-order chi connectivity index (χ0) is 11.5. The van der Waals surface area contributed by atoms with E-state index in [9.17, 15) is 15.2 Å². The molecule has 0 radical (unpaired) electrons. The monoisotopic (exact) mass is 229 g/mol. The second-order valence-electron chi connectivity index (χ2n) is 4.94. The molecule has 0 bridgehead atoms. The van der Waals surface area contributed by atoms with E-state index in [1.165, 1.54) is 19.3 Å². The van der Waals surface area contributed by atoms with E-state index in [1.807, 2.05) is 0 Å². The summed E-state index contributed by atoms with van der Waals surface area (Å²) in [6.45, 7) is 0.0648. The Labute approximate surface area is 94.9 Å². The number of aliphatic hydroxyl groups is 1. The molecule has 1 saturated heterocycles. The Morgan fingerprint density at radius 1 is 1.25 bits per heavy atom. The number of rotatable bonds is 2. The van der Waals surface area contributed by atoms with Gasteiger partial charge in [0.25, 0.3) is 0 Å². The Morgan fingerprint density at radius 2 is 1.94 bits per heavy atom. The lowest BCUT2D eigenvalue weighted by molar-refractivity contribution is -0.547. The lowest BCUT2D eigenvalue weighted by Gasteiger charge is -2.36. The van der Waals surface area contributed by atoms with Crippen LogP contribution in [0.4, 0.5) is 0 Å². The molecule has 1 saturated carbocycles. The highest BCUT2D eigenvalue weighted by atomic mass is 16.6. The molecule has 5 nitrogen and oxygen atoms in total. The second-order valence-corrected chi connectivity index (χ2v) is 4.94. The Balaban J connectivity index is 2.03. The Morgan fingerprint density at radius 3 is 2.56 bits per heavy atom. The van der Waals surface area contributed by atoms with Crippen molar-refractivity contribution in [3.8, 4) is 0 Å². The van der Waals surface area contributed by atoms with Crippen molar-refractivity contribution in [2.75, 3.05) is 6.61 Å². The van der Waals surface area contributed by atoms with E-state index in [0.29, 0.717) is 12.3 Å². The average molecular weight is 229 g/mol. The standard InChI is InChI=1S/C11H19NO4/c13-11-6-9(8-4-2-1-3-5-8)10(7-16-11)12(14)15/h8-11,13H,1-7H2. The van der Waals surface area contributed by atoms with E-state index in [-0.39, 0.29) is 17.4 Å². The molecule has 3 unspecified atom stereocenters. The summed E-state index contributed by atoms with van der Waals surface area (Å²) in [6, 6.07) is -0.619. The van der Waals surface area contributed by atoms with Crippen LogP contribution >= 0.6 is 0 Å². The van der Waals surface area contributed by atoms with Crippen molar-refractivity contribution in [1.29, 1.82) is 0 Å². The molecule has 3 atom stereocenters. The summed E-state index contributed by atoms with van der Waals surface area (Å²) in [4.78, 5) is 10.7. The molecule has 1 aliphatic heterocycles. The topological polar surface area (TPSA) is 72.6 Å². The van der Waals surface area contributed by atoms with Gasteiger partial charge in [-0.05, 0) is 18.8 Å². The average Bonchev–Trinajstić information content (AvgIpc) is 2.29. The summed E-state index contributed by atoms with van der Waals surface area (Å²) in [7, 11) is 0. The fourth-order valence-corrected chi connectivity index (χ4v) is 3.08. The molecule has 0 aromatic carbocycles. The lowest BCUT2D eigenvalue weighted by Crippen LogP contribution is -2.45. The molecule has 2 fully saturated rings. The zero-order valence-electron chi connectivity index (χ0n) is 9.38. The van der Waals surface area contributed by atoms with E-state index in [4.69, 9.17) is 4.74 Å². The van der Waals surface area contributed by atoms with Gasteiger partial charge in [-0.1, -0.05) is 19.3 Å². The molecule has 1 aliphatic carbocycles. The van der Waals surface area contributed by atoms with Crippen molar-refractivity contribution in [2.24, 2.45) is 11.8 Å². The lowest BCUT2D eigenvalue weighted by atomic mass is 9.74. The first-order valence-corrected chi connectivity index (χ1v) is 6.11. The largest absolute Gasteiger partial charge is 0.368 e. The van der Waals surface area contributed by atoms with Gasteiger partial charge in [-0.25, -0.2) is 0 Å². The van der Waals surface area contributed by atoms with E-state index in [1.54, 1.807) is 0 Å². The molecule has 92 valence electrons. The molecule has 0 amide bonds. The number of nitro groups is 1. The van der Waals surface area contributed by atoms with Crippen LogP contribution in [0.15, 0.2) is 0 Å². The smallest absolute Gasteiger partial charge is 0.239 e. The molecular weight excluding hydrogens is 210 g/mol. The Kier molecular flexibility index (Phi) is 3.76. The highest BCUT2D eigenvalue weighted by Gasteiger charge is 2.42. The van der Waals surface area contributed by atoms with Crippen LogP contribution in [-0.4, -0.2) is 29.0 Å². The van der Waals surface area contributed by atoms with Crippen molar-refractivity contribution < 1.29 is 14.8 Å². The summed E-state index contributed by atoms with van der Waals surface area (Å²) in [5.41, 5.74) is 0. The van der Waals surface area contributed by atoms with E-state index < -0.39 is 12.3 Å². The molecular formula is C11H19NO4. The van der Waals surface area contributed by atoms with Crippen molar-refractivity contribution in [3.05, 3.63) is 10.1 Å². The maximum atomic E-state index is 11.0. The molecule has 0 aromatic rings. The van der Waals surface area contributed by atoms with Crippen LogP contribution in [0, 0.1) is 22.0 Å². The molecule has 16 heavy (non-hydrogen) atoms. The van der Waals surface area contributed by atoms with Crippen LogP contribution in [-0.2, 0) is 4.74 Å². The van der Waals surface area contributed by atoms with Gasteiger partial charge in [0.05, 0.1) is 0 Å². The highest BCUT2D eigenvalue weighted by Crippen LogP contribution is 2.37. The summed E-state index contributed by atoms with van der Waals surface area (Å²) >= 11 is 0. The number of hydrogen-bond donors (Lipinski definition) is 1. The maximum Gasteiger partial charge on any atom is 0.239 e. The normalized spacial score (nSPS) is 37.2. The molecule has 0 aromatic heterocycles. The quantitative estimate of drug-likeness (QED) is 0.576. The van der Waals surface area contributed by atoms with Gasteiger partial charge in [-0.3, -0.25) is 10.1 Å². The zero-order valence-corrected chi connectivity index (χ0v) is 9.38. The van der Waals surface area contributed by atoms with Crippen LogP contribution in [0.2, 0.25) is 0 Å². The van der Waals surface area contributed by atoms with Crippen LogP contribution in [0.1, 0.15) is 38.5 Å². The predicted octanol–water partition coefficient (Wildman–Crippen LogP) is 1.57. The Bertz CT molecular complexity index is 252. The van der Waals surface area contributed by atoms with Gasteiger partial charge >= 0.3 is 0 Å². The van der Waals surface area contributed by atoms with Crippen LogP contribution in [0.5, 0.6) is 0 Å². The van der Waals surface area contributed by atoms with Gasteiger partial charge in [0.1, 0.15) is 6.61 Å². The maximum absolute atomic E-state index is 11.0. The fourth-order valence-electron chi connectivity index (χ4n) is 3.08. The minimum Gasteiger partial charge on any atom is -0.368 e. The second kappa shape index (κ2) is 5.10. The number of nitrogens with zero attached hydrogens (tertiary/aromatic N) is 1. The molecule has 1 N–H and O–H groups in total. The molecule has 1 heterocycles. The van der Waals surface area contributed by atoms with Gasteiger partial charge in [-0.2, -0.15) is 0 Å². The SMILES string of the molecule is O=[N+]([O-])C1COC(O)CC1C1CCCCC1. The first-order chi connectivity index (χ1) is 7.68. The van der Waals surface area contributed by atoms with Gasteiger partial charge in [0, 0.05) is 17.3 Å². The third kappa shape index (κ3) is 2.52. The summed E-state index contributed by atoms with van der Waals surface area (Å²) < 4.78 is 4.99. The summed E-state index contributed by atoms with van der Waals surface area (Å²) in [6.07, 6.45) is 5.35. The van der Waals surface area contributed by atoms with E-state index in [0.717, 1.165) is 12.8 Å². The van der Waals surface area contributed by atoms with Crippen LogP contribution < -0.4 is 0 Å². The molecule has 2 rings (SSSR count). The number of ether oxygens (including phenoxy) is 1. The van der Waals surface area contributed by atoms with Gasteiger partial charge < -0.3 is 9.84 Å². The molecule has 0 spiro atoms. The van der Waals surface area contributed by atoms with Crippen LogP contribution in [0.25, 0.3) is 0 Å². The highest BCUT2D eigenvalue weighted by molar-refractivity contribution is 4.83. The summed E-state index contributed by atoms with van der Waals surface area (Å²) in [5.74, 6) is 0.404. The first-order valence-electron chi connectivity index (χ1n) is 6.11. The van der Waals surface area contributed by atoms with Crippen molar-refractivity contribution in [1.82, 2.24) is 0 Å². The third-order valence-electron chi connectivity index (χ3n) is 3.95. The van der Waals surface area contributed by atoms with Gasteiger partial charge in [0.15, 0.2) is 6.29 Å². The van der Waals surface area contributed by atoms with Gasteiger partial charge in [0.2, 0.25) is 6.04 Å². The number of hydrogen-bond acceptors (Lipinski definition) is 4. The first kappa shape index (κ1) is 11.8. The van der Waals surface area contributed by atoms with Crippen molar-refractivity contribution in [2.45, 2.75) is 50.9 Å². The van der Waals surface area contributed by atoms with Crippen LogP contribution in [0.3, 0.4) is 0 Å². The van der Waals surface area contributed by atoms with E-state index in [2.05, 4.69) is 0 Å². The van der Waals surface area contributed by atoms with Crippen molar-refractivity contribution in [3.63, 3.8) is 0 Å². The molecule has 5 heteroatoms. The number of aliphatic hydroxyl groups excluding tert-OH is 1. The minimum absolute atomic E-state index is 0.000880.